The van der Waals surface area contributed by atoms with Gasteiger partial charge in [0.1, 0.15) is 11.6 Å². The second-order valence-electron chi connectivity index (χ2n) is 4.85. The SMILES string of the molecule is Cc1cc(F)ccc1-c1cc(F)ccc1C(C)C. The fourth-order valence-corrected chi connectivity index (χ4v) is 2.19. The smallest absolute Gasteiger partial charge is 0.123 e. The quantitative estimate of drug-likeness (QED) is 0.694. The lowest BCUT2D eigenvalue weighted by molar-refractivity contribution is 0.626. The zero-order valence-electron chi connectivity index (χ0n) is 10.8. The first-order valence-electron chi connectivity index (χ1n) is 6.05. The summed E-state index contributed by atoms with van der Waals surface area (Å²) in [5.74, 6) is -0.234. The molecule has 0 atom stereocenters. The van der Waals surface area contributed by atoms with Crippen molar-refractivity contribution in [2.45, 2.75) is 26.7 Å². The Balaban J connectivity index is 2.65. The second kappa shape index (κ2) is 4.89. The van der Waals surface area contributed by atoms with E-state index in [0.29, 0.717) is 5.92 Å². The molecule has 2 aromatic carbocycles. The van der Waals surface area contributed by atoms with Crippen molar-refractivity contribution in [3.63, 3.8) is 0 Å². The van der Waals surface area contributed by atoms with E-state index >= 15 is 0 Å². The van der Waals surface area contributed by atoms with Crippen molar-refractivity contribution >= 4 is 0 Å². The van der Waals surface area contributed by atoms with E-state index in [2.05, 4.69) is 13.8 Å². The van der Waals surface area contributed by atoms with Crippen molar-refractivity contribution in [1.82, 2.24) is 0 Å². The van der Waals surface area contributed by atoms with Crippen molar-refractivity contribution in [3.05, 3.63) is 59.2 Å². The molecule has 2 heteroatoms. The van der Waals surface area contributed by atoms with E-state index in [4.69, 9.17) is 0 Å². The van der Waals surface area contributed by atoms with E-state index < -0.39 is 0 Å². The minimum Gasteiger partial charge on any atom is -0.207 e. The van der Waals surface area contributed by atoms with Gasteiger partial charge in [-0.3, -0.25) is 0 Å². The molecule has 0 bridgehead atoms. The Morgan fingerprint density at radius 3 is 2.06 bits per heavy atom. The van der Waals surface area contributed by atoms with Crippen LogP contribution in [0, 0.1) is 18.6 Å². The molecule has 0 fully saturated rings. The Morgan fingerprint density at radius 1 is 0.833 bits per heavy atom. The average Bonchev–Trinajstić information content (AvgIpc) is 2.28. The summed E-state index contributed by atoms with van der Waals surface area (Å²) >= 11 is 0. The molecule has 18 heavy (non-hydrogen) atoms. The van der Waals surface area contributed by atoms with Gasteiger partial charge >= 0.3 is 0 Å². The van der Waals surface area contributed by atoms with E-state index in [9.17, 15) is 8.78 Å². The van der Waals surface area contributed by atoms with Gasteiger partial charge < -0.3 is 0 Å². The van der Waals surface area contributed by atoms with Crippen LogP contribution in [0.4, 0.5) is 8.78 Å². The molecule has 0 radical (unpaired) electrons. The number of rotatable bonds is 2. The van der Waals surface area contributed by atoms with Gasteiger partial charge in [-0.15, -0.1) is 0 Å². The highest BCUT2D eigenvalue weighted by Gasteiger charge is 2.12. The molecule has 0 saturated carbocycles. The first kappa shape index (κ1) is 12.7. The van der Waals surface area contributed by atoms with Crippen LogP contribution in [0.15, 0.2) is 36.4 Å². The van der Waals surface area contributed by atoms with Crippen LogP contribution in [0.25, 0.3) is 11.1 Å². The Morgan fingerprint density at radius 2 is 1.44 bits per heavy atom. The first-order chi connectivity index (χ1) is 8.49. The summed E-state index contributed by atoms with van der Waals surface area (Å²) in [6.07, 6.45) is 0. The van der Waals surface area contributed by atoms with E-state index in [1.807, 2.05) is 6.92 Å². The van der Waals surface area contributed by atoms with Crippen LogP contribution < -0.4 is 0 Å². The minimum absolute atomic E-state index is 0.265. The summed E-state index contributed by atoms with van der Waals surface area (Å²) in [7, 11) is 0. The van der Waals surface area contributed by atoms with Crippen molar-refractivity contribution in [2.24, 2.45) is 0 Å². The Labute approximate surface area is 106 Å². The largest absolute Gasteiger partial charge is 0.207 e. The summed E-state index contributed by atoms with van der Waals surface area (Å²) in [5, 5.41) is 0. The van der Waals surface area contributed by atoms with Gasteiger partial charge in [-0.25, -0.2) is 8.78 Å². The third-order valence-electron chi connectivity index (χ3n) is 3.12. The van der Waals surface area contributed by atoms with E-state index in [1.54, 1.807) is 12.1 Å². The van der Waals surface area contributed by atoms with Crippen molar-refractivity contribution in [1.29, 1.82) is 0 Å². The van der Waals surface area contributed by atoms with Crippen LogP contribution in [0.1, 0.15) is 30.9 Å². The molecule has 0 N–H and O–H groups in total. The maximum absolute atomic E-state index is 13.4. The highest BCUT2D eigenvalue weighted by atomic mass is 19.1. The summed E-state index contributed by atoms with van der Waals surface area (Å²) in [6.45, 7) is 5.97. The Hall–Kier alpha value is -1.70. The molecular weight excluding hydrogens is 230 g/mol. The summed E-state index contributed by atoms with van der Waals surface area (Å²) in [4.78, 5) is 0. The lowest BCUT2D eigenvalue weighted by Gasteiger charge is -2.15. The molecular formula is C16H16F2. The predicted octanol–water partition coefficient (Wildman–Crippen LogP) is 5.06. The second-order valence-corrected chi connectivity index (χ2v) is 4.85. The molecule has 0 aliphatic rings. The Bertz CT molecular complexity index is 571. The number of halogens is 2. The van der Waals surface area contributed by atoms with Gasteiger partial charge in [0.05, 0.1) is 0 Å². The fourth-order valence-electron chi connectivity index (χ4n) is 2.19. The predicted molar refractivity (Wildman–Crippen MR) is 70.6 cm³/mol. The van der Waals surface area contributed by atoms with Crippen LogP contribution in [-0.2, 0) is 0 Å². The van der Waals surface area contributed by atoms with Gasteiger partial charge in [0.25, 0.3) is 0 Å². The molecule has 0 unspecified atom stereocenters. The normalized spacial score (nSPS) is 11.0. The van der Waals surface area contributed by atoms with Gasteiger partial charge in [-0.2, -0.15) is 0 Å². The highest BCUT2D eigenvalue weighted by Crippen LogP contribution is 2.32. The van der Waals surface area contributed by atoms with Gasteiger partial charge in [-0.1, -0.05) is 26.0 Å². The van der Waals surface area contributed by atoms with E-state index in [1.165, 1.54) is 24.3 Å². The van der Waals surface area contributed by atoms with E-state index in [0.717, 1.165) is 22.3 Å². The van der Waals surface area contributed by atoms with Crippen molar-refractivity contribution in [3.8, 4) is 11.1 Å². The molecule has 2 aromatic rings. The van der Waals surface area contributed by atoms with Gasteiger partial charge in [0.2, 0.25) is 0 Å². The standard InChI is InChI=1S/C16H16F2/c1-10(2)14-6-4-13(18)9-16(14)15-7-5-12(17)8-11(15)3/h4-10H,1-3H3. The number of hydrogen-bond donors (Lipinski definition) is 0. The zero-order chi connectivity index (χ0) is 13.3. The topological polar surface area (TPSA) is 0 Å². The van der Waals surface area contributed by atoms with Crippen molar-refractivity contribution < 1.29 is 8.78 Å². The van der Waals surface area contributed by atoms with Crippen LogP contribution in [-0.4, -0.2) is 0 Å². The van der Waals surface area contributed by atoms with Gasteiger partial charge in [-0.05, 0) is 59.4 Å². The Kier molecular flexibility index (Phi) is 3.46. The van der Waals surface area contributed by atoms with Crippen LogP contribution in [0.2, 0.25) is 0 Å². The van der Waals surface area contributed by atoms with E-state index in [-0.39, 0.29) is 11.6 Å². The number of hydrogen-bond acceptors (Lipinski definition) is 0. The maximum atomic E-state index is 13.4. The maximum Gasteiger partial charge on any atom is 0.123 e. The first-order valence-corrected chi connectivity index (χ1v) is 6.05. The molecule has 0 amide bonds. The molecule has 94 valence electrons. The average molecular weight is 246 g/mol. The molecule has 2 rings (SSSR count). The van der Waals surface area contributed by atoms with Crippen LogP contribution in [0.5, 0.6) is 0 Å². The monoisotopic (exact) mass is 246 g/mol. The van der Waals surface area contributed by atoms with Crippen molar-refractivity contribution in [2.75, 3.05) is 0 Å². The number of aryl methyl sites for hydroxylation is 1. The summed E-state index contributed by atoms with van der Waals surface area (Å²) < 4.78 is 26.6. The summed E-state index contributed by atoms with van der Waals surface area (Å²) in [6, 6.07) is 9.40. The molecule has 0 aliphatic heterocycles. The van der Waals surface area contributed by atoms with Crippen LogP contribution >= 0.6 is 0 Å². The third-order valence-corrected chi connectivity index (χ3v) is 3.12. The van der Waals surface area contributed by atoms with Gasteiger partial charge in [0.15, 0.2) is 0 Å². The lowest BCUT2D eigenvalue weighted by atomic mass is 9.90. The fraction of sp³-hybridized carbons (Fsp3) is 0.250. The lowest BCUT2D eigenvalue weighted by Crippen LogP contribution is -1.95. The molecule has 0 aliphatic carbocycles. The minimum atomic E-state index is -0.266. The van der Waals surface area contributed by atoms with Gasteiger partial charge in [0, 0.05) is 0 Å². The third kappa shape index (κ3) is 2.42. The molecule has 0 nitrogen and oxygen atoms in total. The molecule has 0 spiro atoms. The molecule has 0 aromatic heterocycles. The summed E-state index contributed by atoms with van der Waals surface area (Å²) in [5.41, 5.74) is 3.63. The molecule has 0 saturated heterocycles. The highest BCUT2D eigenvalue weighted by molar-refractivity contribution is 5.71. The zero-order valence-corrected chi connectivity index (χ0v) is 10.8. The number of benzene rings is 2. The van der Waals surface area contributed by atoms with Crippen LogP contribution in [0.3, 0.4) is 0 Å². The molecule has 0 heterocycles.